The molecule has 0 aliphatic rings. The topological polar surface area (TPSA) is 9.23 Å². The molecule has 0 saturated carbocycles. The van der Waals surface area contributed by atoms with Crippen LogP contribution in [0.3, 0.4) is 0 Å². The van der Waals surface area contributed by atoms with Gasteiger partial charge in [0.15, 0.2) is 0 Å². The van der Waals surface area contributed by atoms with Gasteiger partial charge in [-0.2, -0.15) is 13.2 Å². The van der Waals surface area contributed by atoms with Crippen LogP contribution >= 0.6 is 11.6 Å². The Morgan fingerprint density at radius 1 is 1.11 bits per heavy atom. The third-order valence-electron chi connectivity index (χ3n) is 2.75. The molecule has 19 heavy (non-hydrogen) atoms. The highest BCUT2D eigenvalue weighted by Gasteiger charge is 2.27. The number of alkyl halides is 4. The van der Waals surface area contributed by atoms with Gasteiger partial charge in [0.1, 0.15) is 6.61 Å². The summed E-state index contributed by atoms with van der Waals surface area (Å²) in [6.45, 7) is 2.97. The molecule has 0 saturated heterocycles. The summed E-state index contributed by atoms with van der Waals surface area (Å²) in [6, 6.07) is 7.81. The number of hydrogen-bond acceptors (Lipinski definition) is 1. The van der Waals surface area contributed by atoms with Crippen LogP contribution in [0.25, 0.3) is 0 Å². The van der Waals surface area contributed by atoms with Crippen LogP contribution in [0, 0.1) is 0 Å². The second-order valence-electron chi connectivity index (χ2n) is 4.75. The predicted octanol–water partition coefficient (Wildman–Crippen LogP) is 5.06. The zero-order valence-electron chi connectivity index (χ0n) is 11.0. The van der Waals surface area contributed by atoms with Crippen molar-refractivity contribution in [3.05, 3.63) is 35.4 Å². The van der Waals surface area contributed by atoms with E-state index in [0.29, 0.717) is 12.3 Å². The first-order valence-electron chi connectivity index (χ1n) is 6.18. The van der Waals surface area contributed by atoms with E-state index in [-0.39, 0.29) is 12.0 Å². The molecule has 0 aliphatic carbocycles. The SMILES string of the molecule is CC(C)c1ccc(C(Cl)CCOCC(F)(F)F)cc1. The van der Waals surface area contributed by atoms with Crippen molar-refractivity contribution in [2.75, 3.05) is 13.2 Å². The number of halogens is 4. The molecular weight excluding hydrogens is 277 g/mol. The summed E-state index contributed by atoms with van der Waals surface area (Å²) in [5.41, 5.74) is 2.11. The molecule has 0 N–H and O–H groups in total. The van der Waals surface area contributed by atoms with E-state index in [0.717, 1.165) is 5.56 Å². The monoisotopic (exact) mass is 294 g/mol. The van der Waals surface area contributed by atoms with Gasteiger partial charge in [0.25, 0.3) is 0 Å². The minimum Gasteiger partial charge on any atom is -0.372 e. The largest absolute Gasteiger partial charge is 0.411 e. The van der Waals surface area contributed by atoms with Gasteiger partial charge in [-0.25, -0.2) is 0 Å². The molecule has 5 heteroatoms. The fourth-order valence-electron chi connectivity index (χ4n) is 1.63. The Morgan fingerprint density at radius 2 is 1.63 bits per heavy atom. The first kappa shape index (κ1) is 16.3. The lowest BCUT2D eigenvalue weighted by Crippen LogP contribution is -2.17. The van der Waals surface area contributed by atoms with E-state index in [1.165, 1.54) is 5.56 Å². The van der Waals surface area contributed by atoms with E-state index in [1.807, 2.05) is 24.3 Å². The summed E-state index contributed by atoms with van der Waals surface area (Å²) in [6.07, 6.45) is -3.92. The molecular formula is C14H18ClF3O. The predicted molar refractivity (Wildman–Crippen MR) is 70.6 cm³/mol. The van der Waals surface area contributed by atoms with E-state index in [4.69, 9.17) is 11.6 Å². The Morgan fingerprint density at radius 3 is 2.11 bits per heavy atom. The fraction of sp³-hybridized carbons (Fsp3) is 0.571. The van der Waals surface area contributed by atoms with Gasteiger partial charge in [-0.1, -0.05) is 38.1 Å². The highest BCUT2D eigenvalue weighted by Crippen LogP contribution is 2.26. The molecule has 1 aromatic carbocycles. The molecule has 1 nitrogen and oxygen atoms in total. The van der Waals surface area contributed by atoms with Crippen LogP contribution in [0.1, 0.15) is 42.7 Å². The fourth-order valence-corrected chi connectivity index (χ4v) is 1.87. The van der Waals surface area contributed by atoms with Crippen LogP contribution in [0.15, 0.2) is 24.3 Å². The number of ether oxygens (including phenoxy) is 1. The molecule has 0 amide bonds. The standard InChI is InChI=1S/C14H18ClF3O/c1-10(2)11-3-5-12(6-4-11)13(15)7-8-19-9-14(16,17)18/h3-6,10,13H,7-9H2,1-2H3. The lowest BCUT2D eigenvalue weighted by atomic mass is 10.0. The molecule has 0 spiro atoms. The van der Waals surface area contributed by atoms with Gasteiger partial charge in [-0.15, -0.1) is 11.6 Å². The lowest BCUT2D eigenvalue weighted by Gasteiger charge is -2.13. The van der Waals surface area contributed by atoms with Gasteiger partial charge in [0.05, 0.1) is 5.38 Å². The normalized spacial score (nSPS) is 13.8. The quantitative estimate of drug-likeness (QED) is 0.526. The molecule has 0 aliphatic heterocycles. The molecule has 1 aromatic rings. The minimum atomic E-state index is -4.28. The van der Waals surface area contributed by atoms with Crippen molar-refractivity contribution in [2.45, 2.75) is 37.7 Å². The molecule has 1 rings (SSSR count). The van der Waals surface area contributed by atoms with Crippen LogP contribution in [-0.2, 0) is 4.74 Å². The maximum Gasteiger partial charge on any atom is 0.411 e. The van der Waals surface area contributed by atoms with Crippen molar-refractivity contribution in [1.29, 1.82) is 0 Å². The Bertz CT molecular complexity index is 373. The first-order valence-corrected chi connectivity index (χ1v) is 6.61. The Kier molecular flexibility index (Phi) is 6.14. The van der Waals surface area contributed by atoms with Crippen molar-refractivity contribution < 1.29 is 17.9 Å². The van der Waals surface area contributed by atoms with Crippen LogP contribution in [0.2, 0.25) is 0 Å². The summed E-state index contributed by atoms with van der Waals surface area (Å²) < 4.78 is 40.1. The third-order valence-corrected chi connectivity index (χ3v) is 3.22. The van der Waals surface area contributed by atoms with E-state index in [9.17, 15) is 13.2 Å². The highest BCUT2D eigenvalue weighted by atomic mass is 35.5. The maximum atomic E-state index is 11.9. The van der Waals surface area contributed by atoms with Crippen LogP contribution in [0.4, 0.5) is 13.2 Å². The highest BCUT2D eigenvalue weighted by molar-refractivity contribution is 6.20. The summed E-state index contributed by atoms with van der Waals surface area (Å²) in [5.74, 6) is 0.443. The molecule has 108 valence electrons. The molecule has 0 aromatic heterocycles. The molecule has 0 fully saturated rings. The third kappa shape index (κ3) is 6.30. The van der Waals surface area contributed by atoms with Gasteiger partial charge in [0, 0.05) is 6.61 Å². The molecule has 0 radical (unpaired) electrons. The minimum absolute atomic E-state index is 0.000388. The Hall–Kier alpha value is -0.740. The second kappa shape index (κ2) is 7.15. The summed E-state index contributed by atoms with van der Waals surface area (Å²) in [7, 11) is 0. The molecule has 1 unspecified atom stereocenters. The van der Waals surface area contributed by atoms with Gasteiger partial charge in [-0.05, 0) is 23.5 Å². The zero-order valence-corrected chi connectivity index (χ0v) is 11.8. The summed E-state index contributed by atoms with van der Waals surface area (Å²) in [5, 5.41) is -0.325. The van der Waals surface area contributed by atoms with E-state index < -0.39 is 12.8 Å². The van der Waals surface area contributed by atoms with E-state index in [1.54, 1.807) is 0 Å². The van der Waals surface area contributed by atoms with Gasteiger partial charge in [-0.3, -0.25) is 0 Å². The average Bonchev–Trinajstić information content (AvgIpc) is 2.33. The van der Waals surface area contributed by atoms with Crippen molar-refractivity contribution in [1.82, 2.24) is 0 Å². The first-order chi connectivity index (χ1) is 8.79. The smallest absolute Gasteiger partial charge is 0.372 e. The molecule has 0 heterocycles. The maximum absolute atomic E-state index is 11.9. The van der Waals surface area contributed by atoms with Crippen molar-refractivity contribution in [3.8, 4) is 0 Å². The summed E-state index contributed by atoms with van der Waals surface area (Å²) >= 11 is 6.13. The van der Waals surface area contributed by atoms with E-state index in [2.05, 4.69) is 18.6 Å². The number of benzene rings is 1. The van der Waals surface area contributed by atoms with Gasteiger partial charge in [0.2, 0.25) is 0 Å². The van der Waals surface area contributed by atoms with Crippen molar-refractivity contribution in [2.24, 2.45) is 0 Å². The number of rotatable bonds is 6. The van der Waals surface area contributed by atoms with Gasteiger partial charge < -0.3 is 4.74 Å². The van der Waals surface area contributed by atoms with Crippen LogP contribution in [-0.4, -0.2) is 19.4 Å². The molecule has 1 atom stereocenters. The average molecular weight is 295 g/mol. The second-order valence-corrected chi connectivity index (χ2v) is 5.27. The molecule has 0 bridgehead atoms. The van der Waals surface area contributed by atoms with Gasteiger partial charge >= 0.3 is 6.18 Å². The Balaban J connectivity index is 2.39. The summed E-state index contributed by atoms with van der Waals surface area (Å²) in [4.78, 5) is 0. The van der Waals surface area contributed by atoms with E-state index >= 15 is 0 Å². The van der Waals surface area contributed by atoms with Crippen molar-refractivity contribution in [3.63, 3.8) is 0 Å². The van der Waals surface area contributed by atoms with Crippen LogP contribution in [0.5, 0.6) is 0 Å². The lowest BCUT2D eigenvalue weighted by molar-refractivity contribution is -0.174. The van der Waals surface area contributed by atoms with Crippen LogP contribution < -0.4 is 0 Å². The Labute approximate surface area is 116 Å². The zero-order chi connectivity index (χ0) is 14.5. The number of hydrogen-bond donors (Lipinski definition) is 0. The van der Waals surface area contributed by atoms with Crippen molar-refractivity contribution >= 4 is 11.6 Å².